The van der Waals surface area contributed by atoms with Crippen molar-refractivity contribution in [3.8, 4) is 0 Å². The Hall–Kier alpha value is -1.82. The highest BCUT2D eigenvalue weighted by molar-refractivity contribution is 8.00. The summed E-state index contributed by atoms with van der Waals surface area (Å²) in [5.74, 6) is -0.343. The fourth-order valence-electron chi connectivity index (χ4n) is 2.03. The first-order chi connectivity index (χ1) is 10.5. The number of rotatable bonds is 6. The summed E-state index contributed by atoms with van der Waals surface area (Å²) in [4.78, 5) is 16.5. The molecule has 118 valence electrons. The van der Waals surface area contributed by atoms with Gasteiger partial charge in [0.05, 0.1) is 11.3 Å². The number of halogens is 1. The van der Waals surface area contributed by atoms with Crippen LogP contribution in [0.4, 0.5) is 4.39 Å². The van der Waals surface area contributed by atoms with Gasteiger partial charge in [-0.05, 0) is 38.5 Å². The van der Waals surface area contributed by atoms with Crippen molar-refractivity contribution in [3.63, 3.8) is 0 Å². The molecule has 22 heavy (non-hydrogen) atoms. The van der Waals surface area contributed by atoms with Gasteiger partial charge < -0.3 is 9.88 Å². The molecule has 6 heteroatoms. The number of benzene rings is 1. The number of hydrogen-bond acceptors (Lipinski definition) is 3. The first-order valence-corrected chi connectivity index (χ1v) is 8.12. The van der Waals surface area contributed by atoms with E-state index >= 15 is 0 Å². The molecule has 1 aromatic heterocycles. The van der Waals surface area contributed by atoms with Gasteiger partial charge in [0, 0.05) is 18.9 Å². The van der Waals surface area contributed by atoms with Crippen molar-refractivity contribution < 1.29 is 9.18 Å². The van der Waals surface area contributed by atoms with Crippen molar-refractivity contribution in [2.75, 3.05) is 0 Å². The average molecular weight is 321 g/mol. The van der Waals surface area contributed by atoms with E-state index in [2.05, 4.69) is 10.3 Å². The summed E-state index contributed by atoms with van der Waals surface area (Å²) < 4.78 is 14.9. The quantitative estimate of drug-likeness (QED) is 0.830. The molecule has 1 heterocycles. The van der Waals surface area contributed by atoms with Gasteiger partial charge in [0.15, 0.2) is 5.16 Å². The predicted molar refractivity (Wildman–Crippen MR) is 86.2 cm³/mol. The number of aromatic nitrogens is 2. The Bertz CT molecular complexity index is 627. The molecule has 0 saturated heterocycles. The maximum Gasteiger partial charge on any atom is 0.233 e. The Morgan fingerprint density at radius 2 is 2.05 bits per heavy atom. The Morgan fingerprint density at radius 1 is 1.36 bits per heavy atom. The van der Waals surface area contributed by atoms with Crippen molar-refractivity contribution in [1.29, 1.82) is 0 Å². The number of aryl methyl sites for hydroxylation is 1. The van der Waals surface area contributed by atoms with Crippen LogP contribution in [-0.4, -0.2) is 20.7 Å². The van der Waals surface area contributed by atoms with E-state index < -0.39 is 0 Å². The van der Waals surface area contributed by atoms with Gasteiger partial charge in [-0.25, -0.2) is 9.37 Å². The Kier molecular flexibility index (Phi) is 5.60. The third-order valence-electron chi connectivity index (χ3n) is 3.40. The lowest BCUT2D eigenvalue weighted by Gasteiger charge is -2.17. The topological polar surface area (TPSA) is 46.9 Å². The highest BCUT2D eigenvalue weighted by Gasteiger charge is 2.19. The second kappa shape index (κ2) is 7.45. The Labute approximate surface area is 134 Å². The summed E-state index contributed by atoms with van der Waals surface area (Å²) in [7, 11) is 0. The van der Waals surface area contributed by atoms with Crippen LogP contribution in [0.1, 0.15) is 32.4 Å². The lowest BCUT2D eigenvalue weighted by Crippen LogP contribution is -2.33. The lowest BCUT2D eigenvalue weighted by molar-refractivity contribution is -0.120. The van der Waals surface area contributed by atoms with Crippen LogP contribution in [0.3, 0.4) is 0 Å². The largest absolute Gasteiger partial charge is 0.349 e. The molecule has 0 spiro atoms. The zero-order chi connectivity index (χ0) is 16.1. The summed E-state index contributed by atoms with van der Waals surface area (Å²) in [6.45, 7) is 6.59. The summed E-state index contributed by atoms with van der Waals surface area (Å²) in [6, 6.07) is 5.99. The van der Waals surface area contributed by atoms with E-state index in [0.717, 1.165) is 17.3 Å². The van der Waals surface area contributed by atoms with Gasteiger partial charge in [-0.1, -0.05) is 23.9 Å². The van der Waals surface area contributed by atoms with Crippen LogP contribution in [0.2, 0.25) is 0 Å². The SMILES string of the molecule is CCn1ccnc1SC(C)C(=O)NC(C)c1ccc(F)cc1. The van der Waals surface area contributed by atoms with Crippen LogP contribution in [0, 0.1) is 5.82 Å². The fraction of sp³-hybridized carbons (Fsp3) is 0.375. The molecule has 0 aliphatic carbocycles. The first-order valence-electron chi connectivity index (χ1n) is 7.25. The second-order valence-electron chi connectivity index (χ2n) is 5.04. The van der Waals surface area contributed by atoms with Crippen molar-refractivity contribution >= 4 is 17.7 Å². The van der Waals surface area contributed by atoms with Gasteiger partial charge in [0.2, 0.25) is 5.91 Å². The van der Waals surface area contributed by atoms with Crippen molar-refractivity contribution in [2.45, 2.75) is 43.8 Å². The molecule has 1 amide bonds. The normalized spacial score (nSPS) is 13.6. The summed E-state index contributed by atoms with van der Waals surface area (Å²) >= 11 is 1.43. The third-order valence-corrected chi connectivity index (χ3v) is 4.52. The van der Waals surface area contributed by atoms with Gasteiger partial charge in [-0.15, -0.1) is 0 Å². The fourth-order valence-corrected chi connectivity index (χ4v) is 2.97. The Morgan fingerprint density at radius 3 is 2.68 bits per heavy atom. The van der Waals surface area contributed by atoms with E-state index in [0.29, 0.717) is 0 Å². The molecule has 0 bridgehead atoms. The molecule has 2 atom stereocenters. The minimum absolute atomic E-state index is 0.0625. The van der Waals surface area contributed by atoms with Crippen molar-refractivity contribution in [1.82, 2.24) is 14.9 Å². The lowest BCUT2D eigenvalue weighted by atomic mass is 10.1. The number of nitrogens with zero attached hydrogens (tertiary/aromatic N) is 2. The first kappa shape index (κ1) is 16.5. The molecule has 0 radical (unpaired) electrons. The second-order valence-corrected chi connectivity index (χ2v) is 6.35. The molecule has 4 nitrogen and oxygen atoms in total. The van der Waals surface area contributed by atoms with Gasteiger partial charge >= 0.3 is 0 Å². The molecule has 0 aliphatic heterocycles. The summed E-state index contributed by atoms with van der Waals surface area (Å²) in [6.07, 6.45) is 3.63. The molecule has 1 aromatic carbocycles. The minimum Gasteiger partial charge on any atom is -0.349 e. The van der Waals surface area contributed by atoms with Crippen molar-refractivity contribution in [2.24, 2.45) is 0 Å². The van der Waals surface area contributed by atoms with Crippen LogP contribution >= 0.6 is 11.8 Å². The number of imidazole rings is 1. The number of hydrogen-bond donors (Lipinski definition) is 1. The maximum atomic E-state index is 12.9. The van der Waals surface area contributed by atoms with Gasteiger partial charge in [-0.3, -0.25) is 4.79 Å². The molecule has 2 aromatic rings. The van der Waals surface area contributed by atoms with Crippen LogP contribution in [-0.2, 0) is 11.3 Å². The van der Waals surface area contributed by atoms with E-state index in [1.807, 2.05) is 31.5 Å². The molecule has 2 unspecified atom stereocenters. The van der Waals surface area contributed by atoms with Crippen LogP contribution in [0.5, 0.6) is 0 Å². The summed E-state index contributed by atoms with van der Waals surface area (Å²) in [5, 5.41) is 3.52. The smallest absolute Gasteiger partial charge is 0.233 e. The van der Waals surface area contributed by atoms with Crippen LogP contribution in [0.15, 0.2) is 41.8 Å². The molecule has 1 N–H and O–H groups in total. The van der Waals surface area contributed by atoms with Gasteiger partial charge in [0.25, 0.3) is 0 Å². The standard InChI is InChI=1S/C16H20FN3OS/c1-4-20-10-9-18-16(20)22-12(3)15(21)19-11(2)13-5-7-14(17)8-6-13/h5-12H,4H2,1-3H3,(H,19,21). The van der Waals surface area contributed by atoms with Gasteiger partial charge in [0.1, 0.15) is 5.82 Å². The van der Waals surface area contributed by atoms with E-state index in [-0.39, 0.29) is 23.0 Å². The number of carbonyl (C=O) groups excluding carboxylic acids is 1. The zero-order valence-electron chi connectivity index (χ0n) is 12.9. The maximum absolute atomic E-state index is 12.9. The van der Waals surface area contributed by atoms with E-state index in [9.17, 15) is 9.18 Å². The number of carbonyl (C=O) groups is 1. The monoisotopic (exact) mass is 321 g/mol. The highest BCUT2D eigenvalue weighted by Crippen LogP contribution is 2.22. The molecular formula is C16H20FN3OS. The van der Waals surface area contributed by atoms with E-state index in [4.69, 9.17) is 0 Å². The number of nitrogens with one attached hydrogen (secondary N) is 1. The number of thioether (sulfide) groups is 1. The third kappa shape index (κ3) is 4.10. The van der Waals surface area contributed by atoms with Gasteiger partial charge in [-0.2, -0.15) is 0 Å². The molecule has 0 saturated carbocycles. The van der Waals surface area contributed by atoms with Crippen LogP contribution < -0.4 is 5.32 Å². The summed E-state index contributed by atoms with van der Waals surface area (Å²) in [5.41, 5.74) is 0.877. The number of amides is 1. The Balaban J connectivity index is 1.94. The van der Waals surface area contributed by atoms with Crippen LogP contribution in [0.25, 0.3) is 0 Å². The van der Waals surface area contributed by atoms with E-state index in [1.54, 1.807) is 18.3 Å². The zero-order valence-corrected chi connectivity index (χ0v) is 13.7. The highest BCUT2D eigenvalue weighted by atomic mass is 32.2. The minimum atomic E-state index is -0.280. The predicted octanol–water partition coefficient (Wildman–Crippen LogP) is 3.40. The van der Waals surface area contributed by atoms with Crippen molar-refractivity contribution in [3.05, 3.63) is 48.0 Å². The molecule has 0 fully saturated rings. The average Bonchev–Trinajstić information content (AvgIpc) is 2.94. The molecule has 2 rings (SSSR count). The molecule has 0 aliphatic rings. The van der Waals surface area contributed by atoms with E-state index in [1.165, 1.54) is 23.9 Å². The molecular weight excluding hydrogens is 301 g/mol.